The van der Waals surface area contributed by atoms with Crippen molar-refractivity contribution in [3.63, 3.8) is 0 Å². The first-order chi connectivity index (χ1) is 10.6. The molecule has 120 valence electrons. The van der Waals surface area contributed by atoms with Gasteiger partial charge in [-0.15, -0.1) is 11.8 Å². The van der Waals surface area contributed by atoms with Gasteiger partial charge in [-0.1, -0.05) is 43.1 Å². The summed E-state index contributed by atoms with van der Waals surface area (Å²) in [5.41, 5.74) is 0.855. The fourth-order valence-corrected chi connectivity index (χ4v) is 4.21. The van der Waals surface area contributed by atoms with E-state index in [1.165, 1.54) is 6.92 Å². The first kappa shape index (κ1) is 17.2. The standard InChI is InChI=1S/C16H20ClNO3S/c1-3-4-9-21-16(20)14-10-22-15(18(14)11(2)19)12-7-5-6-8-13(12)17/h5-8,14-15H,3-4,9-10H2,1-2H3. The van der Waals surface area contributed by atoms with Crippen LogP contribution in [0.4, 0.5) is 0 Å². The third-order valence-corrected chi connectivity index (χ3v) is 5.20. The number of unbranched alkanes of at least 4 members (excludes halogenated alkanes) is 1. The number of esters is 1. The Morgan fingerprint density at radius 2 is 2.14 bits per heavy atom. The van der Waals surface area contributed by atoms with Crippen LogP contribution in [-0.4, -0.2) is 35.2 Å². The minimum atomic E-state index is -0.541. The zero-order valence-corrected chi connectivity index (χ0v) is 14.3. The van der Waals surface area contributed by atoms with Gasteiger partial charge in [0.25, 0.3) is 0 Å². The number of nitrogens with zero attached hydrogens (tertiary/aromatic N) is 1. The Balaban J connectivity index is 2.16. The molecule has 1 amide bonds. The molecule has 2 atom stereocenters. The van der Waals surface area contributed by atoms with Crippen molar-refractivity contribution in [2.75, 3.05) is 12.4 Å². The molecule has 1 aromatic rings. The van der Waals surface area contributed by atoms with E-state index in [-0.39, 0.29) is 17.3 Å². The van der Waals surface area contributed by atoms with Gasteiger partial charge in [-0.3, -0.25) is 4.79 Å². The third-order valence-electron chi connectivity index (χ3n) is 3.55. The molecule has 2 unspecified atom stereocenters. The smallest absolute Gasteiger partial charge is 0.329 e. The number of carbonyl (C=O) groups is 2. The average molecular weight is 342 g/mol. The van der Waals surface area contributed by atoms with Gasteiger partial charge in [0.15, 0.2) is 0 Å². The number of rotatable bonds is 5. The van der Waals surface area contributed by atoms with Gasteiger partial charge in [-0.25, -0.2) is 4.79 Å². The zero-order chi connectivity index (χ0) is 16.1. The van der Waals surface area contributed by atoms with Crippen molar-refractivity contribution in [2.24, 2.45) is 0 Å². The van der Waals surface area contributed by atoms with Gasteiger partial charge in [0.05, 0.1) is 6.61 Å². The molecular weight excluding hydrogens is 322 g/mol. The van der Waals surface area contributed by atoms with Gasteiger partial charge in [-0.2, -0.15) is 0 Å². The van der Waals surface area contributed by atoms with E-state index in [1.807, 2.05) is 25.1 Å². The van der Waals surface area contributed by atoms with E-state index >= 15 is 0 Å². The number of hydrogen-bond acceptors (Lipinski definition) is 4. The number of halogens is 1. The quantitative estimate of drug-likeness (QED) is 0.606. The molecule has 0 bridgehead atoms. The van der Waals surface area contributed by atoms with Gasteiger partial charge in [-0.05, 0) is 12.5 Å². The molecule has 1 fully saturated rings. The lowest BCUT2D eigenvalue weighted by Gasteiger charge is -2.27. The second-order valence-electron chi connectivity index (χ2n) is 5.17. The van der Waals surface area contributed by atoms with Crippen LogP contribution in [-0.2, 0) is 14.3 Å². The highest BCUT2D eigenvalue weighted by Gasteiger charge is 2.42. The Morgan fingerprint density at radius 1 is 1.41 bits per heavy atom. The normalized spacial score (nSPS) is 21.0. The predicted octanol–water partition coefficient (Wildman–Crippen LogP) is 3.65. The summed E-state index contributed by atoms with van der Waals surface area (Å²) in [7, 11) is 0. The summed E-state index contributed by atoms with van der Waals surface area (Å²) in [5.74, 6) is 0.0542. The second kappa shape index (κ2) is 7.88. The minimum absolute atomic E-state index is 0.146. The van der Waals surface area contributed by atoms with E-state index in [9.17, 15) is 9.59 Å². The van der Waals surface area contributed by atoms with Crippen molar-refractivity contribution in [1.82, 2.24) is 4.90 Å². The van der Waals surface area contributed by atoms with E-state index in [2.05, 4.69) is 0 Å². The molecule has 0 aliphatic carbocycles. The average Bonchev–Trinajstić information content (AvgIpc) is 2.93. The molecule has 0 N–H and O–H groups in total. The van der Waals surface area contributed by atoms with Gasteiger partial charge in [0.1, 0.15) is 11.4 Å². The molecule has 2 rings (SSSR count). The van der Waals surface area contributed by atoms with Crippen LogP contribution in [0.1, 0.15) is 37.6 Å². The molecule has 0 aromatic heterocycles. The molecular formula is C16H20ClNO3S. The number of benzene rings is 1. The van der Waals surface area contributed by atoms with Crippen LogP contribution >= 0.6 is 23.4 Å². The van der Waals surface area contributed by atoms with Crippen molar-refractivity contribution in [3.05, 3.63) is 34.9 Å². The van der Waals surface area contributed by atoms with E-state index in [4.69, 9.17) is 16.3 Å². The SMILES string of the molecule is CCCCOC(=O)C1CSC(c2ccccc2Cl)N1C(C)=O. The van der Waals surface area contributed by atoms with E-state index < -0.39 is 6.04 Å². The summed E-state index contributed by atoms with van der Waals surface area (Å²) in [6.07, 6.45) is 1.80. The van der Waals surface area contributed by atoms with Gasteiger partial charge < -0.3 is 9.64 Å². The van der Waals surface area contributed by atoms with Crippen LogP contribution in [0.15, 0.2) is 24.3 Å². The highest BCUT2D eigenvalue weighted by molar-refractivity contribution is 7.99. The summed E-state index contributed by atoms with van der Waals surface area (Å²) in [5, 5.41) is 0.362. The summed E-state index contributed by atoms with van der Waals surface area (Å²) in [4.78, 5) is 25.9. The minimum Gasteiger partial charge on any atom is -0.464 e. The maximum Gasteiger partial charge on any atom is 0.329 e. The Labute approximate surface area is 140 Å². The van der Waals surface area contributed by atoms with Gasteiger partial charge in [0.2, 0.25) is 5.91 Å². The van der Waals surface area contributed by atoms with Gasteiger partial charge in [0, 0.05) is 23.3 Å². The van der Waals surface area contributed by atoms with E-state index in [1.54, 1.807) is 22.7 Å². The summed E-state index contributed by atoms with van der Waals surface area (Å²) in [6.45, 7) is 3.91. The number of hydrogen-bond donors (Lipinski definition) is 0. The molecule has 1 aliphatic rings. The number of carbonyl (C=O) groups excluding carboxylic acids is 2. The van der Waals surface area contributed by atoms with Crippen molar-refractivity contribution in [1.29, 1.82) is 0 Å². The number of amides is 1. The third kappa shape index (κ3) is 3.76. The Kier molecular flexibility index (Phi) is 6.15. The molecule has 1 aromatic carbocycles. The topological polar surface area (TPSA) is 46.6 Å². The number of ether oxygens (including phenoxy) is 1. The van der Waals surface area contributed by atoms with Crippen LogP contribution in [0, 0.1) is 0 Å². The summed E-state index contributed by atoms with van der Waals surface area (Å²) >= 11 is 7.78. The van der Waals surface area contributed by atoms with Gasteiger partial charge >= 0.3 is 5.97 Å². The molecule has 1 aliphatic heterocycles. The Bertz CT molecular complexity index is 552. The van der Waals surface area contributed by atoms with Crippen LogP contribution in [0.3, 0.4) is 0 Å². The fourth-order valence-electron chi connectivity index (χ4n) is 2.40. The predicted molar refractivity (Wildman–Crippen MR) is 88.8 cm³/mol. The molecule has 4 nitrogen and oxygen atoms in total. The van der Waals surface area contributed by atoms with Crippen molar-refractivity contribution in [2.45, 2.75) is 38.1 Å². The van der Waals surface area contributed by atoms with Crippen molar-refractivity contribution in [3.8, 4) is 0 Å². The lowest BCUT2D eigenvalue weighted by Crippen LogP contribution is -2.42. The van der Waals surface area contributed by atoms with E-state index in [0.717, 1.165) is 18.4 Å². The summed E-state index contributed by atoms with van der Waals surface area (Å²) < 4.78 is 5.28. The highest BCUT2D eigenvalue weighted by Crippen LogP contribution is 2.43. The molecule has 6 heteroatoms. The molecule has 1 saturated heterocycles. The Morgan fingerprint density at radius 3 is 2.77 bits per heavy atom. The maximum absolute atomic E-state index is 12.2. The lowest BCUT2D eigenvalue weighted by atomic mass is 10.1. The van der Waals surface area contributed by atoms with Crippen LogP contribution < -0.4 is 0 Å². The molecule has 0 radical (unpaired) electrons. The molecule has 22 heavy (non-hydrogen) atoms. The highest BCUT2D eigenvalue weighted by atomic mass is 35.5. The van der Waals surface area contributed by atoms with Crippen molar-refractivity contribution >= 4 is 35.2 Å². The van der Waals surface area contributed by atoms with Crippen molar-refractivity contribution < 1.29 is 14.3 Å². The monoisotopic (exact) mass is 341 g/mol. The maximum atomic E-state index is 12.2. The first-order valence-electron chi connectivity index (χ1n) is 7.37. The van der Waals surface area contributed by atoms with Crippen LogP contribution in [0.25, 0.3) is 0 Å². The Hall–Kier alpha value is -1.20. The summed E-state index contributed by atoms with van der Waals surface area (Å²) in [6, 6.07) is 6.87. The zero-order valence-electron chi connectivity index (χ0n) is 12.8. The van der Waals surface area contributed by atoms with Crippen LogP contribution in [0.5, 0.6) is 0 Å². The number of thioether (sulfide) groups is 1. The molecule has 1 heterocycles. The molecule has 0 saturated carbocycles. The second-order valence-corrected chi connectivity index (χ2v) is 6.69. The van der Waals surface area contributed by atoms with E-state index in [0.29, 0.717) is 17.4 Å². The largest absolute Gasteiger partial charge is 0.464 e. The lowest BCUT2D eigenvalue weighted by molar-refractivity contribution is -0.153. The fraction of sp³-hybridized carbons (Fsp3) is 0.500. The van der Waals surface area contributed by atoms with Crippen LogP contribution in [0.2, 0.25) is 5.02 Å². The molecule has 0 spiro atoms. The first-order valence-corrected chi connectivity index (χ1v) is 8.80.